The Balaban J connectivity index is 1.99. The standard InChI is InChI=1S/C14H22N4O2/c1-17-9-10-18(8-7-14(19)20-16-15)13(11-17)12-5-3-2-4-6-12/h2-6,13,16H,7-11,15H2,1H3. The summed E-state index contributed by atoms with van der Waals surface area (Å²) in [4.78, 5) is 20.6. The molecule has 1 aliphatic rings. The third kappa shape index (κ3) is 4.01. The highest BCUT2D eigenvalue weighted by Crippen LogP contribution is 2.24. The number of carbonyl (C=O) groups excluding carboxylic acids is 1. The summed E-state index contributed by atoms with van der Waals surface area (Å²) in [6.45, 7) is 3.59. The summed E-state index contributed by atoms with van der Waals surface area (Å²) in [5.41, 5.74) is 3.21. The molecule has 1 aromatic carbocycles. The van der Waals surface area contributed by atoms with Gasteiger partial charge in [0.1, 0.15) is 0 Å². The average molecular weight is 278 g/mol. The van der Waals surface area contributed by atoms with E-state index in [-0.39, 0.29) is 5.97 Å². The maximum Gasteiger partial charge on any atom is 0.327 e. The van der Waals surface area contributed by atoms with Crippen LogP contribution in [0, 0.1) is 0 Å². The SMILES string of the molecule is CN1CCN(CCC(=O)ONN)C(c2ccccc2)C1. The average Bonchev–Trinajstić information content (AvgIpc) is 2.47. The van der Waals surface area contributed by atoms with E-state index in [1.54, 1.807) is 0 Å². The molecule has 1 unspecified atom stereocenters. The Hall–Kier alpha value is -1.47. The number of nitrogens with zero attached hydrogens (tertiary/aromatic N) is 2. The lowest BCUT2D eigenvalue weighted by Crippen LogP contribution is -2.47. The van der Waals surface area contributed by atoms with Gasteiger partial charge in [-0.15, -0.1) is 0 Å². The zero-order chi connectivity index (χ0) is 14.4. The summed E-state index contributed by atoms with van der Waals surface area (Å²) in [6.07, 6.45) is 0.331. The number of benzene rings is 1. The summed E-state index contributed by atoms with van der Waals surface area (Å²) in [5, 5.41) is 0. The second kappa shape index (κ2) is 7.35. The lowest BCUT2D eigenvalue weighted by molar-refractivity contribution is -0.151. The summed E-state index contributed by atoms with van der Waals surface area (Å²) in [7, 11) is 2.12. The Bertz CT molecular complexity index is 426. The molecule has 0 radical (unpaired) electrons. The fourth-order valence-electron chi connectivity index (χ4n) is 2.57. The van der Waals surface area contributed by atoms with Crippen LogP contribution < -0.4 is 11.4 Å². The van der Waals surface area contributed by atoms with E-state index in [0.717, 1.165) is 19.6 Å². The van der Waals surface area contributed by atoms with Gasteiger partial charge in [0.25, 0.3) is 0 Å². The van der Waals surface area contributed by atoms with Crippen LogP contribution in [-0.2, 0) is 9.63 Å². The first-order chi connectivity index (χ1) is 9.70. The number of hydrazine groups is 1. The molecule has 1 fully saturated rings. The number of piperazine rings is 1. The van der Waals surface area contributed by atoms with Crippen LogP contribution in [0.3, 0.4) is 0 Å². The third-order valence-electron chi connectivity index (χ3n) is 3.65. The maximum absolute atomic E-state index is 11.4. The molecular formula is C14H22N4O2. The summed E-state index contributed by atoms with van der Waals surface area (Å²) >= 11 is 0. The Kier molecular flexibility index (Phi) is 5.49. The third-order valence-corrected chi connectivity index (χ3v) is 3.65. The van der Waals surface area contributed by atoms with E-state index < -0.39 is 0 Å². The second-order valence-corrected chi connectivity index (χ2v) is 5.07. The normalized spacial score (nSPS) is 20.8. The minimum absolute atomic E-state index is 0.314. The van der Waals surface area contributed by atoms with Gasteiger partial charge in [-0.05, 0) is 12.6 Å². The molecule has 3 N–H and O–H groups in total. The zero-order valence-electron chi connectivity index (χ0n) is 11.8. The molecule has 110 valence electrons. The first-order valence-electron chi connectivity index (χ1n) is 6.83. The van der Waals surface area contributed by atoms with Crippen LogP contribution in [0.1, 0.15) is 18.0 Å². The van der Waals surface area contributed by atoms with Crippen LogP contribution >= 0.6 is 0 Å². The Labute approximate surface area is 119 Å². The lowest BCUT2D eigenvalue weighted by atomic mass is 10.0. The van der Waals surface area contributed by atoms with Crippen molar-refractivity contribution >= 4 is 5.97 Å². The van der Waals surface area contributed by atoms with Gasteiger partial charge in [-0.25, -0.2) is 5.84 Å². The van der Waals surface area contributed by atoms with Gasteiger partial charge in [0, 0.05) is 32.2 Å². The number of likely N-dealkylation sites (N-methyl/N-ethyl adjacent to an activating group) is 1. The minimum atomic E-state index is -0.335. The fraction of sp³-hybridized carbons (Fsp3) is 0.500. The van der Waals surface area contributed by atoms with Crippen molar-refractivity contribution in [1.29, 1.82) is 0 Å². The Morgan fingerprint density at radius 1 is 1.40 bits per heavy atom. The van der Waals surface area contributed by atoms with Crippen molar-refractivity contribution in [3.63, 3.8) is 0 Å². The van der Waals surface area contributed by atoms with E-state index in [0.29, 0.717) is 19.0 Å². The Morgan fingerprint density at radius 3 is 2.85 bits per heavy atom. The van der Waals surface area contributed by atoms with Crippen molar-refractivity contribution in [3.8, 4) is 0 Å². The molecule has 0 bridgehead atoms. The van der Waals surface area contributed by atoms with Gasteiger partial charge in [0.15, 0.2) is 0 Å². The highest BCUT2D eigenvalue weighted by molar-refractivity contribution is 5.69. The first kappa shape index (κ1) is 14.9. The number of hydrogen-bond donors (Lipinski definition) is 2. The van der Waals surface area contributed by atoms with E-state index in [9.17, 15) is 4.79 Å². The van der Waals surface area contributed by atoms with E-state index in [2.05, 4.69) is 46.0 Å². The molecule has 0 aromatic heterocycles. The van der Waals surface area contributed by atoms with E-state index in [1.807, 2.05) is 11.7 Å². The van der Waals surface area contributed by atoms with Gasteiger partial charge in [-0.2, -0.15) is 0 Å². The molecule has 1 saturated heterocycles. The minimum Gasteiger partial charge on any atom is -0.356 e. The molecule has 0 aliphatic carbocycles. The maximum atomic E-state index is 11.4. The highest BCUT2D eigenvalue weighted by atomic mass is 16.7. The molecule has 1 aromatic rings. The van der Waals surface area contributed by atoms with Gasteiger partial charge in [0.05, 0.1) is 6.42 Å². The van der Waals surface area contributed by atoms with Crippen LogP contribution in [-0.4, -0.2) is 49.0 Å². The quantitative estimate of drug-likeness (QED) is 0.596. The number of hydrogen-bond acceptors (Lipinski definition) is 6. The fourth-order valence-corrected chi connectivity index (χ4v) is 2.57. The van der Waals surface area contributed by atoms with Crippen LogP contribution in [0.15, 0.2) is 30.3 Å². The van der Waals surface area contributed by atoms with Crippen molar-refractivity contribution in [2.45, 2.75) is 12.5 Å². The van der Waals surface area contributed by atoms with Crippen molar-refractivity contribution in [2.24, 2.45) is 5.84 Å². The van der Waals surface area contributed by atoms with Gasteiger partial charge in [-0.3, -0.25) is 9.69 Å². The molecule has 1 aliphatic heterocycles. The summed E-state index contributed by atoms with van der Waals surface area (Å²) in [5.74, 6) is 4.63. The molecule has 20 heavy (non-hydrogen) atoms. The first-order valence-corrected chi connectivity index (χ1v) is 6.83. The van der Waals surface area contributed by atoms with Crippen LogP contribution in [0.4, 0.5) is 0 Å². The molecule has 0 saturated carbocycles. The molecule has 1 atom stereocenters. The van der Waals surface area contributed by atoms with E-state index in [4.69, 9.17) is 5.84 Å². The molecule has 2 rings (SSSR count). The van der Waals surface area contributed by atoms with E-state index >= 15 is 0 Å². The smallest absolute Gasteiger partial charge is 0.327 e. The molecule has 1 heterocycles. The topological polar surface area (TPSA) is 70.8 Å². The summed E-state index contributed by atoms with van der Waals surface area (Å²) in [6, 6.07) is 10.7. The van der Waals surface area contributed by atoms with Crippen molar-refractivity contribution < 1.29 is 9.63 Å². The highest BCUT2D eigenvalue weighted by Gasteiger charge is 2.26. The number of carbonyl (C=O) groups is 1. The monoisotopic (exact) mass is 278 g/mol. The van der Waals surface area contributed by atoms with Gasteiger partial charge in [-0.1, -0.05) is 35.9 Å². The second-order valence-electron chi connectivity index (χ2n) is 5.07. The number of nitrogens with two attached hydrogens (primary N) is 1. The largest absolute Gasteiger partial charge is 0.356 e. The van der Waals surface area contributed by atoms with Crippen molar-refractivity contribution in [3.05, 3.63) is 35.9 Å². The van der Waals surface area contributed by atoms with E-state index in [1.165, 1.54) is 5.56 Å². The number of rotatable bonds is 5. The predicted octanol–water partition coefficient (Wildman–Crippen LogP) is 0.287. The van der Waals surface area contributed by atoms with Crippen LogP contribution in [0.2, 0.25) is 0 Å². The predicted molar refractivity (Wildman–Crippen MR) is 76.3 cm³/mol. The van der Waals surface area contributed by atoms with Crippen LogP contribution in [0.25, 0.3) is 0 Å². The zero-order valence-corrected chi connectivity index (χ0v) is 11.8. The van der Waals surface area contributed by atoms with Gasteiger partial charge < -0.3 is 9.74 Å². The number of nitrogens with one attached hydrogen (secondary N) is 1. The van der Waals surface area contributed by atoms with Gasteiger partial charge in [0.2, 0.25) is 0 Å². The summed E-state index contributed by atoms with van der Waals surface area (Å²) < 4.78 is 0. The molecule has 6 heteroatoms. The molecule has 0 spiro atoms. The van der Waals surface area contributed by atoms with Crippen molar-refractivity contribution in [2.75, 3.05) is 33.2 Å². The molecule has 0 amide bonds. The van der Waals surface area contributed by atoms with Gasteiger partial charge >= 0.3 is 5.97 Å². The Morgan fingerprint density at radius 2 is 2.15 bits per heavy atom. The van der Waals surface area contributed by atoms with Crippen LogP contribution in [0.5, 0.6) is 0 Å². The van der Waals surface area contributed by atoms with Crippen molar-refractivity contribution in [1.82, 2.24) is 15.4 Å². The molecular weight excluding hydrogens is 256 g/mol. The lowest BCUT2D eigenvalue weighted by Gasteiger charge is -2.40. The molecule has 6 nitrogen and oxygen atoms in total.